The van der Waals surface area contributed by atoms with Crippen molar-refractivity contribution >= 4 is 23.1 Å². The van der Waals surface area contributed by atoms with Gasteiger partial charge in [0.05, 0.1) is 5.56 Å². The number of thiocarbonyl (C=S) groups is 1. The fraction of sp³-hybridized carbons (Fsp3) is 0.467. The molecule has 0 unspecified atom stereocenters. The van der Waals surface area contributed by atoms with Crippen molar-refractivity contribution in [1.29, 1.82) is 0 Å². The lowest BCUT2D eigenvalue weighted by atomic mass is 9.70. The molecule has 0 aromatic heterocycles. The lowest BCUT2D eigenvalue weighted by Crippen LogP contribution is -2.41. The summed E-state index contributed by atoms with van der Waals surface area (Å²) in [6.07, 6.45) is 3.61. The Kier molecular flexibility index (Phi) is 4.60. The Bertz CT molecular complexity index is 512. The monoisotopic (exact) mass is 292 g/mol. The Morgan fingerprint density at radius 1 is 1.45 bits per heavy atom. The normalized spacial score (nSPS) is 16.1. The summed E-state index contributed by atoms with van der Waals surface area (Å²) in [5, 5.41) is 2.92. The van der Waals surface area contributed by atoms with Crippen LogP contribution < -0.4 is 15.8 Å². The van der Waals surface area contributed by atoms with Gasteiger partial charge in [-0.25, -0.2) is 0 Å². The molecule has 1 aromatic rings. The summed E-state index contributed by atoms with van der Waals surface area (Å²) in [5.74, 6) is 0.431. The summed E-state index contributed by atoms with van der Waals surface area (Å²) >= 11 is 4.95. The number of carbonyl (C=O) groups is 1. The first-order valence-corrected chi connectivity index (χ1v) is 7.19. The first-order valence-electron chi connectivity index (χ1n) is 6.78. The molecule has 5 heteroatoms. The number of amides is 1. The van der Waals surface area contributed by atoms with E-state index in [2.05, 4.69) is 12.2 Å². The molecular formula is C15H20N2O2S. The fourth-order valence-corrected chi connectivity index (χ4v) is 2.43. The summed E-state index contributed by atoms with van der Waals surface area (Å²) in [6.45, 7) is 2.89. The molecule has 1 aliphatic carbocycles. The van der Waals surface area contributed by atoms with Gasteiger partial charge in [-0.15, -0.1) is 0 Å². The lowest BCUT2D eigenvalue weighted by molar-refractivity contribution is -0.123. The van der Waals surface area contributed by atoms with Crippen LogP contribution in [0.2, 0.25) is 0 Å². The summed E-state index contributed by atoms with van der Waals surface area (Å²) in [7, 11) is 0. The van der Waals surface area contributed by atoms with Crippen molar-refractivity contribution < 1.29 is 9.53 Å². The molecule has 1 amide bonds. The molecule has 0 saturated heterocycles. The maximum absolute atomic E-state index is 11.8. The minimum absolute atomic E-state index is 0.0181. The Balaban J connectivity index is 1.82. The summed E-state index contributed by atoms with van der Waals surface area (Å²) < 4.78 is 5.50. The molecule has 1 saturated carbocycles. The highest BCUT2D eigenvalue weighted by atomic mass is 32.1. The molecule has 0 heterocycles. The van der Waals surface area contributed by atoms with Gasteiger partial charge in [0.2, 0.25) is 0 Å². The van der Waals surface area contributed by atoms with Gasteiger partial charge in [-0.05, 0) is 30.4 Å². The van der Waals surface area contributed by atoms with Crippen LogP contribution in [0.3, 0.4) is 0 Å². The topological polar surface area (TPSA) is 64.3 Å². The van der Waals surface area contributed by atoms with E-state index >= 15 is 0 Å². The van der Waals surface area contributed by atoms with Crippen LogP contribution in [0.1, 0.15) is 31.7 Å². The predicted octanol–water partition coefficient (Wildman–Crippen LogP) is 2.01. The number of ether oxygens (including phenoxy) is 1. The van der Waals surface area contributed by atoms with E-state index < -0.39 is 0 Å². The highest BCUT2D eigenvalue weighted by Crippen LogP contribution is 2.39. The SMILES string of the molecule is CC1(CNC(=O)COc2ccccc2C(N)=S)CCC1. The molecule has 3 N–H and O–H groups in total. The highest BCUT2D eigenvalue weighted by Gasteiger charge is 2.31. The number of rotatable bonds is 6. The number of benzene rings is 1. The first kappa shape index (κ1) is 14.8. The molecule has 1 aliphatic rings. The Morgan fingerprint density at radius 2 is 2.15 bits per heavy atom. The van der Waals surface area contributed by atoms with E-state index in [0.29, 0.717) is 17.9 Å². The maximum atomic E-state index is 11.8. The van der Waals surface area contributed by atoms with Gasteiger partial charge in [0.1, 0.15) is 10.7 Å². The summed E-state index contributed by atoms with van der Waals surface area (Å²) in [5.41, 5.74) is 6.54. The van der Waals surface area contributed by atoms with Crippen LogP contribution in [0.4, 0.5) is 0 Å². The van der Waals surface area contributed by atoms with Crippen molar-refractivity contribution in [2.24, 2.45) is 11.1 Å². The van der Waals surface area contributed by atoms with Crippen molar-refractivity contribution in [3.05, 3.63) is 29.8 Å². The molecule has 4 nitrogen and oxygen atoms in total. The average Bonchev–Trinajstić information content (AvgIpc) is 2.41. The third-order valence-corrected chi connectivity index (χ3v) is 4.00. The van der Waals surface area contributed by atoms with Crippen LogP contribution in [-0.4, -0.2) is 24.0 Å². The maximum Gasteiger partial charge on any atom is 0.257 e. The van der Waals surface area contributed by atoms with Gasteiger partial charge < -0.3 is 15.8 Å². The molecule has 0 atom stereocenters. The van der Waals surface area contributed by atoms with E-state index in [1.54, 1.807) is 12.1 Å². The van der Waals surface area contributed by atoms with E-state index in [0.717, 1.165) is 0 Å². The van der Waals surface area contributed by atoms with Crippen molar-refractivity contribution in [1.82, 2.24) is 5.32 Å². The van der Waals surface area contributed by atoms with Gasteiger partial charge in [-0.2, -0.15) is 0 Å². The van der Waals surface area contributed by atoms with Crippen molar-refractivity contribution in [2.45, 2.75) is 26.2 Å². The van der Waals surface area contributed by atoms with Gasteiger partial charge >= 0.3 is 0 Å². The molecule has 0 aliphatic heterocycles. The van der Waals surface area contributed by atoms with Gasteiger partial charge in [-0.1, -0.05) is 37.7 Å². The average molecular weight is 292 g/mol. The van der Waals surface area contributed by atoms with Crippen LogP contribution in [0.25, 0.3) is 0 Å². The van der Waals surface area contributed by atoms with Gasteiger partial charge in [0, 0.05) is 6.54 Å². The van der Waals surface area contributed by atoms with Crippen LogP contribution in [-0.2, 0) is 4.79 Å². The molecule has 1 aromatic carbocycles. The first-order chi connectivity index (χ1) is 9.50. The molecule has 108 valence electrons. The zero-order valence-corrected chi connectivity index (χ0v) is 12.5. The largest absolute Gasteiger partial charge is 0.483 e. The molecular weight excluding hydrogens is 272 g/mol. The zero-order valence-electron chi connectivity index (χ0n) is 11.6. The Morgan fingerprint density at radius 3 is 2.75 bits per heavy atom. The van der Waals surface area contributed by atoms with Crippen molar-refractivity contribution in [3.8, 4) is 5.75 Å². The van der Waals surface area contributed by atoms with Crippen molar-refractivity contribution in [3.63, 3.8) is 0 Å². The van der Waals surface area contributed by atoms with E-state index in [1.807, 2.05) is 12.1 Å². The Labute approximate surface area is 124 Å². The number of hydrogen-bond donors (Lipinski definition) is 2. The van der Waals surface area contributed by atoms with Crippen LogP contribution >= 0.6 is 12.2 Å². The van der Waals surface area contributed by atoms with Crippen molar-refractivity contribution in [2.75, 3.05) is 13.2 Å². The van der Waals surface area contributed by atoms with E-state index in [4.69, 9.17) is 22.7 Å². The number of hydrogen-bond acceptors (Lipinski definition) is 3. The molecule has 0 bridgehead atoms. The molecule has 0 spiro atoms. The predicted molar refractivity (Wildman–Crippen MR) is 82.8 cm³/mol. The number of nitrogens with two attached hydrogens (primary N) is 1. The molecule has 0 radical (unpaired) electrons. The van der Waals surface area contributed by atoms with E-state index in [9.17, 15) is 4.79 Å². The third kappa shape index (κ3) is 3.70. The minimum atomic E-state index is -0.115. The van der Waals surface area contributed by atoms with E-state index in [-0.39, 0.29) is 22.9 Å². The second kappa shape index (κ2) is 6.22. The summed E-state index contributed by atoms with van der Waals surface area (Å²) in [6, 6.07) is 7.20. The van der Waals surface area contributed by atoms with Crippen LogP contribution in [0.15, 0.2) is 24.3 Å². The second-order valence-corrected chi connectivity index (χ2v) is 6.03. The zero-order chi connectivity index (χ0) is 14.6. The van der Waals surface area contributed by atoms with Gasteiger partial charge in [-0.3, -0.25) is 4.79 Å². The molecule has 2 rings (SSSR count). The smallest absolute Gasteiger partial charge is 0.257 e. The number of carbonyl (C=O) groups excluding carboxylic acids is 1. The van der Waals surface area contributed by atoms with Crippen LogP contribution in [0.5, 0.6) is 5.75 Å². The quantitative estimate of drug-likeness (QED) is 0.787. The van der Waals surface area contributed by atoms with Crippen LogP contribution in [0, 0.1) is 5.41 Å². The molecule has 20 heavy (non-hydrogen) atoms. The fourth-order valence-electron chi connectivity index (χ4n) is 2.26. The summed E-state index contributed by atoms with van der Waals surface area (Å²) in [4.78, 5) is 12.1. The highest BCUT2D eigenvalue weighted by molar-refractivity contribution is 7.80. The third-order valence-electron chi connectivity index (χ3n) is 3.78. The van der Waals surface area contributed by atoms with Gasteiger partial charge in [0.15, 0.2) is 6.61 Å². The number of nitrogens with one attached hydrogen (secondary N) is 1. The standard InChI is InChI=1S/C15H20N2O2S/c1-15(7-4-8-15)10-17-13(18)9-19-12-6-3-2-5-11(12)14(16)20/h2-3,5-6H,4,7-10H2,1H3,(H2,16,20)(H,17,18). The second-order valence-electron chi connectivity index (χ2n) is 5.59. The minimum Gasteiger partial charge on any atom is -0.483 e. The van der Waals surface area contributed by atoms with Gasteiger partial charge in [0.25, 0.3) is 5.91 Å². The van der Waals surface area contributed by atoms with E-state index in [1.165, 1.54) is 19.3 Å². The number of para-hydroxylation sites is 1. The Hall–Kier alpha value is -1.62. The molecule has 1 fully saturated rings. The lowest BCUT2D eigenvalue weighted by Gasteiger charge is -2.38.